The van der Waals surface area contributed by atoms with Gasteiger partial charge in [0.2, 0.25) is 0 Å². The molecule has 1 fully saturated rings. The van der Waals surface area contributed by atoms with Crippen LogP contribution in [0.1, 0.15) is 33.1 Å². The summed E-state index contributed by atoms with van der Waals surface area (Å²) in [6.07, 6.45) is 3.00. The molecule has 2 nitrogen and oxygen atoms in total. The molecule has 0 bridgehead atoms. The summed E-state index contributed by atoms with van der Waals surface area (Å²) >= 11 is 3.51. The minimum Gasteiger partial charge on any atom is -0.390 e. The summed E-state index contributed by atoms with van der Waals surface area (Å²) in [7, 11) is 0. The minimum absolute atomic E-state index is 0.424. The molecular weight excluding hydrogens is 242 g/mol. The smallest absolute Gasteiger partial charge is 0.0632 e. The lowest BCUT2D eigenvalue weighted by atomic mass is 9.98. The van der Waals surface area contributed by atoms with Gasteiger partial charge in [-0.2, -0.15) is 0 Å². The standard InChI is InChI=1S/C11H22BrNO/c1-10(8-12)9-13-6-3-4-11(2,14)5-7-13/h10,14H,3-9H2,1-2H3. The maximum absolute atomic E-state index is 9.93. The van der Waals surface area contributed by atoms with E-state index in [-0.39, 0.29) is 0 Å². The Balaban J connectivity index is 2.35. The predicted octanol–water partition coefficient (Wildman–Crippen LogP) is 2.25. The van der Waals surface area contributed by atoms with Crippen molar-refractivity contribution >= 4 is 15.9 Å². The second kappa shape index (κ2) is 5.47. The van der Waals surface area contributed by atoms with Gasteiger partial charge in [-0.3, -0.25) is 0 Å². The lowest BCUT2D eigenvalue weighted by molar-refractivity contribution is 0.0443. The number of alkyl halides is 1. The van der Waals surface area contributed by atoms with Gasteiger partial charge >= 0.3 is 0 Å². The van der Waals surface area contributed by atoms with Gasteiger partial charge in [-0.15, -0.1) is 0 Å². The van der Waals surface area contributed by atoms with Crippen molar-refractivity contribution in [3.8, 4) is 0 Å². The zero-order valence-electron chi connectivity index (χ0n) is 9.30. The second-order valence-electron chi connectivity index (χ2n) is 4.91. The Morgan fingerprint density at radius 3 is 2.79 bits per heavy atom. The molecule has 1 N–H and O–H groups in total. The molecule has 1 aliphatic rings. The molecule has 0 aromatic heterocycles. The highest BCUT2D eigenvalue weighted by Gasteiger charge is 2.25. The lowest BCUT2D eigenvalue weighted by Crippen LogP contribution is -2.32. The number of nitrogens with zero attached hydrogens (tertiary/aromatic N) is 1. The molecule has 0 spiro atoms. The molecule has 1 rings (SSSR count). The summed E-state index contributed by atoms with van der Waals surface area (Å²) in [4.78, 5) is 2.48. The first-order chi connectivity index (χ1) is 6.53. The first-order valence-corrected chi connectivity index (χ1v) is 6.66. The van der Waals surface area contributed by atoms with E-state index in [1.54, 1.807) is 0 Å². The fourth-order valence-electron chi connectivity index (χ4n) is 1.99. The monoisotopic (exact) mass is 263 g/mol. The zero-order valence-corrected chi connectivity index (χ0v) is 10.9. The van der Waals surface area contributed by atoms with Gasteiger partial charge < -0.3 is 10.0 Å². The third kappa shape index (κ3) is 4.28. The summed E-state index contributed by atoms with van der Waals surface area (Å²) < 4.78 is 0. The number of rotatable bonds is 3. The Morgan fingerprint density at radius 1 is 1.43 bits per heavy atom. The Morgan fingerprint density at radius 2 is 2.14 bits per heavy atom. The summed E-state index contributed by atoms with van der Waals surface area (Å²) in [5.41, 5.74) is -0.424. The minimum atomic E-state index is -0.424. The van der Waals surface area contributed by atoms with Gasteiger partial charge in [0.25, 0.3) is 0 Å². The van der Waals surface area contributed by atoms with E-state index in [0.717, 1.165) is 44.2 Å². The molecule has 0 aliphatic carbocycles. The van der Waals surface area contributed by atoms with E-state index in [4.69, 9.17) is 0 Å². The second-order valence-corrected chi connectivity index (χ2v) is 5.56. The molecule has 0 amide bonds. The van der Waals surface area contributed by atoms with Crippen LogP contribution in [-0.4, -0.2) is 40.6 Å². The maximum Gasteiger partial charge on any atom is 0.0632 e. The number of aliphatic hydroxyl groups is 1. The SMILES string of the molecule is CC(CBr)CN1CCCC(C)(O)CC1. The third-order valence-corrected chi connectivity index (χ3v) is 4.09. The Kier molecular flexibility index (Phi) is 4.88. The van der Waals surface area contributed by atoms with Crippen LogP contribution in [0, 0.1) is 5.92 Å². The number of hydrogen-bond acceptors (Lipinski definition) is 2. The van der Waals surface area contributed by atoms with E-state index in [9.17, 15) is 5.11 Å². The van der Waals surface area contributed by atoms with Crippen molar-refractivity contribution in [2.24, 2.45) is 5.92 Å². The van der Waals surface area contributed by atoms with Gasteiger partial charge in [0, 0.05) is 18.4 Å². The topological polar surface area (TPSA) is 23.5 Å². The van der Waals surface area contributed by atoms with Crippen LogP contribution in [0.15, 0.2) is 0 Å². The fraction of sp³-hybridized carbons (Fsp3) is 1.00. The zero-order chi connectivity index (χ0) is 10.6. The van der Waals surface area contributed by atoms with Crippen molar-refractivity contribution in [2.75, 3.05) is 25.0 Å². The average molecular weight is 264 g/mol. The van der Waals surface area contributed by atoms with E-state index in [1.807, 2.05) is 6.92 Å². The molecule has 0 aromatic rings. The van der Waals surface area contributed by atoms with Gasteiger partial charge in [-0.1, -0.05) is 22.9 Å². The van der Waals surface area contributed by atoms with Crippen molar-refractivity contribution in [1.29, 1.82) is 0 Å². The molecular formula is C11H22BrNO. The van der Waals surface area contributed by atoms with Crippen LogP contribution in [0.4, 0.5) is 0 Å². The van der Waals surface area contributed by atoms with Crippen molar-refractivity contribution in [3.63, 3.8) is 0 Å². The highest BCUT2D eigenvalue weighted by molar-refractivity contribution is 9.09. The number of hydrogen-bond donors (Lipinski definition) is 1. The quantitative estimate of drug-likeness (QED) is 0.790. The van der Waals surface area contributed by atoms with Gasteiger partial charge in [0.1, 0.15) is 0 Å². The highest BCUT2D eigenvalue weighted by Crippen LogP contribution is 2.21. The van der Waals surface area contributed by atoms with Crippen molar-refractivity contribution in [3.05, 3.63) is 0 Å². The summed E-state index contributed by atoms with van der Waals surface area (Å²) in [5, 5.41) is 11.0. The van der Waals surface area contributed by atoms with Crippen LogP contribution in [0.25, 0.3) is 0 Å². The van der Waals surface area contributed by atoms with Crippen LogP contribution in [0.2, 0.25) is 0 Å². The first-order valence-electron chi connectivity index (χ1n) is 5.54. The van der Waals surface area contributed by atoms with Gasteiger partial charge in [-0.05, 0) is 38.6 Å². The molecule has 1 saturated heterocycles. The van der Waals surface area contributed by atoms with E-state index < -0.39 is 5.60 Å². The van der Waals surface area contributed by atoms with Crippen LogP contribution in [-0.2, 0) is 0 Å². The molecule has 0 saturated carbocycles. The summed E-state index contributed by atoms with van der Waals surface area (Å²) in [5.74, 6) is 0.707. The van der Waals surface area contributed by atoms with E-state index >= 15 is 0 Å². The predicted molar refractivity (Wildman–Crippen MR) is 63.9 cm³/mol. The molecule has 1 aliphatic heterocycles. The summed E-state index contributed by atoms with van der Waals surface area (Å²) in [6.45, 7) is 7.57. The third-order valence-electron chi connectivity index (χ3n) is 2.99. The summed E-state index contributed by atoms with van der Waals surface area (Å²) in [6, 6.07) is 0. The number of likely N-dealkylation sites (tertiary alicyclic amines) is 1. The first kappa shape index (κ1) is 12.5. The van der Waals surface area contributed by atoms with Gasteiger partial charge in [0.05, 0.1) is 5.60 Å². The molecule has 14 heavy (non-hydrogen) atoms. The molecule has 0 aromatic carbocycles. The highest BCUT2D eigenvalue weighted by atomic mass is 79.9. The van der Waals surface area contributed by atoms with Crippen molar-refractivity contribution < 1.29 is 5.11 Å². The Bertz CT molecular complexity index is 173. The molecule has 3 heteroatoms. The fourth-order valence-corrected chi connectivity index (χ4v) is 2.20. The van der Waals surface area contributed by atoms with E-state index in [2.05, 4.69) is 27.8 Å². The van der Waals surface area contributed by atoms with E-state index in [1.165, 1.54) is 0 Å². The lowest BCUT2D eigenvalue weighted by Gasteiger charge is -2.24. The molecule has 1 heterocycles. The van der Waals surface area contributed by atoms with Crippen molar-refractivity contribution in [1.82, 2.24) is 4.90 Å². The maximum atomic E-state index is 9.93. The van der Waals surface area contributed by atoms with Gasteiger partial charge in [-0.25, -0.2) is 0 Å². The Labute approximate surface area is 95.8 Å². The molecule has 0 radical (unpaired) electrons. The average Bonchev–Trinajstić information content (AvgIpc) is 2.28. The van der Waals surface area contributed by atoms with Crippen LogP contribution in [0.5, 0.6) is 0 Å². The van der Waals surface area contributed by atoms with Gasteiger partial charge in [0.15, 0.2) is 0 Å². The van der Waals surface area contributed by atoms with Crippen molar-refractivity contribution in [2.45, 2.75) is 38.7 Å². The van der Waals surface area contributed by atoms with Crippen LogP contribution in [0.3, 0.4) is 0 Å². The van der Waals surface area contributed by atoms with Crippen LogP contribution < -0.4 is 0 Å². The molecule has 84 valence electrons. The Hall–Kier alpha value is 0.400. The molecule has 2 unspecified atom stereocenters. The van der Waals surface area contributed by atoms with E-state index in [0.29, 0.717) is 5.92 Å². The normalized spacial score (nSPS) is 32.6. The number of halogens is 1. The largest absolute Gasteiger partial charge is 0.390 e. The molecule has 2 atom stereocenters. The van der Waals surface area contributed by atoms with Crippen LogP contribution >= 0.6 is 15.9 Å².